The number of hydrogen-bond donors (Lipinski definition) is 1. The summed E-state index contributed by atoms with van der Waals surface area (Å²) >= 11 is 0. The molecule has 4 nitrogen and oxygen atoms in total. The number of nitrogens with zero attached hydrogens (tertiary/aromatic N) is 2. The third kappa shape index (κ3) is 3.35. The average Bonchev–Trinajstić information content (AvgIpc) is 2.86. The van der Waals surface area contributed by atoms with Gasteiger partial charge in [-0.2, -0.15) is 5.10 Å². The summed E-state index contributed by atoms with van der Waals surface area (Å²) in [6.45, 7) is 5.10. The van der Waals surface area contributed by atoms with Crippen LogP contribution < -0.4 is 10.5 Å². The van der Waals surface area contributed by atoms with Crippen molar-refractivity contribution in [3.8, 4) is 11.5 Å². The summed E-state index contributed by atoms with van der Waals surface area (Å²) in [5, 5.41) is 4.26. The van der Waals surface area contributed by atoms with Crippen LogP contribution in [0.15, 0.2) is 36.7 Å². The summed E-state index contributed by atoms with van der Waals surface area (Å²) in [5.41, 5.74) is 7.14. The first-order chi connectivity index (χ1) is 9.24. The van der Waals surface area contributed by atoms with Crippen molar-refractivity contribution in [2.45, 2.75) is 39.3 Å². The van der Waals surface area contributed by atoms with Gasteiger partial charge in [0.2, 0.25) is 0 Å². The Hall–Kier alpha value is -1.81. The fourth-order valence-corrected chi connectivity index (χ4v) is 1.98. The number of aryl methyl sites for hydroxylation is 1. The smallest absolute Gasteiger partial charge is 0.165 e. The minimum Gasteiger partial charge on any atom is -0.454 e. The topological polar surface area (TPSA) is 53.1 Å². The standard InChI is InChI=1S/C15H21N3O/c1-3-9-18-11-12(10-17-18)19-15-8-6-5-7-13(15)14(16)4-2/h5-8,10-11,14H,3-4,9,16H2,1-2H3/t14-/m0/s1. The first kappa shape index (κ1) is 13.6. The van der Waals surface area contributed by atoms with Gasteiger partial charge in [0.25, 0.3) is 0 Å². The molecule has 2 rings (SSSR count). The van der Waals surface area contributed by atoms with E-state index < -0.39 is 0 Å². The van der Waals surface area contributed by atoms with E-state index in [0.29, 0.717) is 0 Å². The highest BCUT2D eigenvalue weighted by Gasteiger charge is 2.11. The molecule has 102 valence electrons. The monoisotopic (exact) mass is 259 g/mol. The van der Waals surface area contributed by atoms with E-state index in [-0.39, 0.29) is 6.04 Å². The van der Waals surface area contributed by atoms with Crippen LogP contribution in [0.25, 0.3) is 0 Å². The summed E-state index contributed by atoms with van der Waals surface area (Å²) < 4.78 is 7.78. The lowest BCUT2D eigenvalue weighted by atomic mass is 10.0. The van der Waals surface area contributed by atoms with Crippen LogP contribution in [-0.2, 0) is 6.54 Å². The van der Waals surface area contributed by atoms with E-state index in [1.807, 2.05) is 35.1 Å². The predicted octanol–water partition coefficient (Wildman–Crippen LogP) is 3.50. The Morgan fingerprint density at radius 3 is 2.84 bits per heavy atom. The Labute approximate surface area is 114 Å². The maximum Gasteiger partial charge on any atom is 0.165 e. The van der Waals surface area contributed by atoms with Crippen LogP contribution in [0.1, 0.15) is 38.3 Å². The van der Waals surface area contributed by atoms with Gasteiger partial charge in [-0.25, -0.2) is 0 Å². The van der Waals surface area contributed by atoms with Crippen LogP contribution in [0, 0.1) is 0 Å². The molecule has 0 amide bonds. The second-order valence-electron chi connectivity index (χ2n) is 4.59. The van der Waals surface area contributed by atoms with Crippen molar-refractivity contribution in [3.05, 3.63) is 42.2 Å². The molecule has 1 atom stereocenters. The van der Waals surface area contributed by atoms with Gasteiger partial charge in [-0.05, 0) is 18.9 Å². The average molecular weight is 259 g/mol. The highest BCUT2D eigenvalue weighted by molar-refractivity contribution is 5.38. The Morgan fingerprint density at radius 2 is 2.11 bits per heavy atom. The van der Waals surface area contributed by atoms with Crippen molar-refractivity contribution in [2.75, 3.05) is 0 Å². The predicted molar refractivity (Wildman–Crippen MR) is 76.3 cm³/mol. The molecular weight excluding hydrogens is 238 g/mol. The molecule has 0 aliphatic heterocycles. The second-order valence-corrected chi connectivity index (χ2v) is 4.59. The van der Waals surface area contributed by atoms with Gasteiger partial charge in [0.05, 0.1) is 12.4 Å². The van der Waals surface area contributed by atoms with Gasteiger partial charge < -0.3 is 10.5 Å². The molecule has 19 heavy (non-hydrogen) atoms. The van der Waals surface area contributed by atoms with Gasteiger partial charge in [-0.1, -0.05) is 32.0 Å². The first-order valence-electron chi connectivity index (χ1n) is 6.79. The van der Waals surface area contributed by atoms with Crippen molar-refractivity contribution in [1.29, 1.82) is 0 Å². The summed E-state index contributed by atoms with van der Waals surface area (Å²) in [4.78, 5) is 0. The van der Waals surface area contributed by atoms with E-state index in [1.54, 1.807) is 6.20 Å². The SMILES string of the molecule is CCCn1cc(Oc2ccccc2[C@@H](N)CC)cn1. The number of hydrogen-bond acceptors (Lipinski definition) is 3. The van der Waals surface area contributed by atoms with Gasteiger partial charge in [-0.3, -0.25) is 4.68 Å². The van der Waals surface area contributed by atoms with Gasteiger partial charge in [0.1, 0.15) is 5.75 Å². The minimum absolute atomic E-state index is 0.00175. The zero-order valence-corrected chi connectivity index (χ0v) is 11.5. The van der Waals surface area contributed by atoms with E-state index >= 15 is 0 Å². The molecule has 0 aliphatic rings. The zero-order chi connectivity index (χ0) is 13.7. The number of nitrogens with two attached hydrogens (primary N) is 1. The van der Waals surface area contributed by atoms with E-state index in [0.717, 1.165) is 36.4 Å². The minimum atomic E-state index is 0.00175. The highest BCUT2D eigenvalue weighted by Crippen LogP contribution is 2.29. The van der Waals surface area contributed by atoms with E-state index in [1.165, 1.54) is 0 Å². The second kappa shape index (κ2) is 6.38. The molecule has 2 N–H and O–H groups in total. The van der Waals surface area contributed by atoms with E-state index in [9.17, 15) is 0 Å². The first-order valence-corrected chi connectivity index (χ1v) is 6.79. The zero-order valence-electron chi connectivity index (χ0n) is 11.5. The quantitative estimate of drug-likeness (QED) is 0.863. The van der Waals surface area contributed by atoms with Crippen LogP contribution in [0.2, 0.25) is 0 Å². The van der Waals surface area contributed by atoms with Gasteiger partial charge in [0.15, 0.2) is 5.75 Å². The fraction of sp³-hybridized carbons (Fsp3) is 0.400. The molecule has 1 aromatic heterocycles. The maximum absolute atomic E-state index is 6.10. The number of rotatable bonds is 6. The summed E-state index contributed by atoms with van der Waals surface area (Å²) in [6, 6.07) is 7.90. The lowest BCUT2D eigenvalue weighted by molar-refractivity contribution is 0.467. The van der Waals surface area contributed by atoms with Crippen LogP contribution in [0.5, 0.6) is 11.5 Å². The van der Waals surface area contributed by atoms with E-state index in [4.69, 9.17) is 10.5 Å². The van der Waals surface area contributed by atoms with Crippen molar-refractivity contribution in [3.63, 3.8) is 0 Å². The number of ether oxygens (including phenoxy) is 1. The molecule has 1 heterocycles. The summed E-state index contributed by atoms with van der Waals surface area (Å²) in [5.74, 6) is 1.57. The Bertz CT molecular complexity index is 522. The van der Waals surface area contributed by atoms with E-state index in [2.05, 4.69) is 18.9 Å². The van der Waals surface area contributed by atoms with Gasteiger partial charge in [-0.15, -0.1) is 0 Å². The number of para-hydroxylation sites is 1. The summed E-state index contributed by atoms with van der Waals surface area (Å²) in [6.07, 6.45) is 5.59. The number of aromatic nitrogens is 2. The van der Waals surface area contributed by atoms with Crippen LogP contribution in [0.4, 0.5) is 0 Å². The molecule has 0 saturated carbocycles. The third-order valence-electron chi connectivity index (χ3n) is 3.05. The fourth-order valence-electron chi connectivity index (χ4n) is 1.98. The lowest BCUT2D eigenvalue weighted by Crippen LogP contribution is -2.09. The van der Waals surface area contributed by atoms with Crippen molar-refractivity contribution >= 4 is 0 Å². The Balaban J connectivity index is 2.17. The number of benzene rings is 1. The van der Waals surface area contributed by atoms with Gasteiger partial charge >= 0.3 is 0 Å². The lowest BCUT2D eigenvalue weighted by Gasteiger charge is -2.14. The van der Waals surface area contributed by atoms with Crippen molar-refractivity contribution in [1.82, 2.24) is 9.78 Å². The molecule has 4 heteroatoms. The molecule has 1 aromatic carbocycles. The normalized spacial score (nSPS) is 12.4. The van der Waals surface area contributed by atoms with Crippen molar-refractivity contribution in [2.24, 2.45) is 5.73 Å². The molecule has 0 bridgehead atoms. The molecule has 0 spiro atoms. The molecule has 0 fully saturated rings. The molecule has 0 radical (unpaired) electrons. The largest absolute Gasteiger partial charge is 0.454 e. The van der Waals surface area contributed by atoms with Crippen LogP contribution in [-0.4, -0.2) is 9.78 Å². The molecule has 0 unspecified atom stereocenters. The molecule has 0 aliphatic carbocycles. The Morgan fingerprint density at radius 1 is 1.32 bits per heavy atom. The van der Waals surface area contributed by atoms with Crippen molar-refractivity contribution < 1.29 is 4.74 Å². The summed E-state index contributed by atoms with van der Waals surface area (Å²) in [7, 11) is 0. The molecule has 0 saturated heterocycles. The maximum atomic E-state index is 6.10. The molecule has 2 aromatic rings. The third-order valence-corrected chi connectivity index (χ3v) is 3.05. The highest BCUT2D eigenvalue weighted by atomic mass is 16.5. The van der Waals surface area contributed by atoms with Crippen LogP contribution >= 0.6 is 0 Å². The Kier molecular flexibility index (Phi) is 4.58. The van der Waals surface area contributed by atoms with Gasteiger partial charge in [0, 0.05) is 18.2 Å². The molecular formula is C15H21N3O. The van der Waals surface area contributed by atoms with Crippen LogP contribution in [0.3, 0.4) is 0 Å².